The van der Waals surface area contributed by atoms with Crippen molar-refractivity contribution in [3.63, 3.8) is 0 Å². The molecule has 1 heteroatoms. The molecule has 16 heavy (non-hydrogen) atoms. The van der Waals surface area contributed by atoms with Crippen LogP contribution in [0.25, 0.3) is 0 Å². The average Bonchev–Trinajstić information content (AvgIpc) is 2.31. The fraction of sp³-hybridized carbons (Fsp3) is 0.600. The molecule has 0 saturated heterocycles. The van der Waals surface area contributed by atoms with E-state index in [1.54, 1.807) is 0 Å². The number of hydrogen-bond acceptors (Lipinski definition) is 1. The van der Waals surface area contributed by atoms with Crippen molar-refractivity contribution in [2.24, 2.45) is 11.1 Å². The van der Waals surface area contributed by atoms with Gasteiger partial charge in [-0.05, 0) is 43.2 Å². The van der Waals surface area contributed by atoms with E-state index in [0.717, 1.165) is 6.54 Å². The molecule has 0 atom stereocenters. The number of hydrogen-bond donors (Lipinski definition) is 1. The summed E-state index contributed by atoms with van der Waals surface area (Å²) in [6.07, 6.45) is 9.38. The Labute approximate surface area is 99.0 Å². The van der Waals surface area contributed by atoms with Gasteiger partial charge in [-0.1, -0.05) is 49.6 Å². The lowest BCUT2D eigenvalue weighted by atomic mass is 9.68. The first kappa shape index (κ1) is 11.7. The average molecular weight is 217 g/mol. The highest BCUT2D eigenvalue weighted by atomic mass is 14.5. The molecule has 2 rings (SSSR count). The molecule has 1 fully saturated rings. The van der Waals surface area contributed by atoms with Gasteiger partial charge in [0.2, 0.25) is 0 Å². The summed E-state index contributed by atoms with van der Waals surface area (Å²) in [6, 6.07) is 10.9. The van der Waals surface area contributed by atoms with Crippen molar-refractivity contribution in [3.05, 3.63) is 35.9 Å². The minimum atomic E-state index is 0.508. The molecule has 1 nitrogen and oxygen atoms in total. The third kappa shape index (κ3) is 2.85. The van der Waals surface area contributed by atoms with E-state index in [9.17, 15) is 0 Å². The molecule has 0 aliphatic heterocycles. The second-order valence-electron chi connectivity index (χ2n) is 5.26. The van der Waals surface area contributed by atoms with Crippen LogP contribution in [0, 0.1) is 5.41 Å². The summed E-state index contributed by atoms with van der Waals surface area (Å²) in [5.74, 6) is 0. The monoisotopic (exact) mass is 217 g/mol. The van der Waals surface area contributed by atoms with E-state index < -0.39 is 0 Å². The molecule has 88 valence electrons. The van der Waals surface area contributed by atoms with Crippen molar-refractivity contribution >= 4 is 0 Å². The normalized spacial score (nSPS) is 19.6. The minimum Gasteiger partial charge on any atom is -0.330 e. The first-order chi connectivity index (χ1) is 7.85. The standard InChI is InChI=1S/C15H23N/c16-12-11-15(9-5-2-6-10-15)13-14-7-3-1-4-8-14/h1,3-4,7-8H,2,5-6,9-13,16H2. The Bertz CT molecular complexity index is 293. The van der Waals surface area contributed by atoms with E-state index in [0.29, 0.717) is 5.41 Å². The van der Waals surface area contributed by atoms with Crippen LogP contribution in [0.5, 0.6) is 0 Å². The minimum absolute atomic E-state index is 0.508. The molecule has 1 aromatic carbocycles. The summed E-state index contributed by atoms with van der Waals surface area (Å²) < 4.78 is 0. The molecular weight excluding hydrogens is 194 g/mol. The lowest BCUT2D eigenvalue weighted by Crippen LogP contribution is -2.29. The SMILES string of the molecule is NCCC1(Cc2ccccc2)CCCCC1. The Morgan fingerprint density at radius 3 is 2.31 bits per heavy atom. The maximum Gasteiger partial charge on any atom is -0.00719 e. The zero-order valence-electron chi connectivity index (χ0n) is 10.1. The van der Waals surface area contributed by atoms with Crippen LogP contribution in [0.1, 0.15) is 44.1 Å². The second-order valence-corrected chi connectivity index (χ2v) is 5.26. The van der Waals surface area contributed by atoms with Crippen LogP contribution in [-0.2, 0) is 6.42 Å². The van der Waals surface area contributed by atoms with Gasteiger partial charge in [0.05, 0.1) is 0 Å². The van der Waals surface area contributed by atoms with Crippen LogP contribution >= 0.6 is 0 Å². The lowest BCUT2D eigenvalue weighted by Gasteiger charge is -2.37. The zero-order chi connectivity index (χ0) is 11.3. The van der Waals surface area contributed by atoms with E-state index in [1.807, 2.05) is 0 Å². The van der Waals surface area contributed by atoms with Crippen LogP contribution in [-0.4, -0.2) is 6.54 Å². The van der Waals surface area contributed by atoms with Gasteiger partial charge in [-0.2, -0.15) is 0 Å². The maximum absolute atomic E-state index is 5.80. The Balaban J connectivity index is 2.07. The largest absolute Gasteiger partial charge is 0.330 e. The van der Waals surface area contributed by atoms with Crippen LogP contribution in [0.2, 0.25) is 0 Å². The van der Waals surface area contributed by atoms with Crippen LogP contribution in [0.4, 0.5) is 0 Å². The van der Waals surface area contributed by atoms with Gasteiger partial charge in [0.15, 0.2) is 0 Å². The van der Waals surface area contributed by atoms with Gasteiger partial charge in [0.1, 0.15) is 0 Å². The van der Waals surface area contributed by atoms with E-state index in [4.69, 9.17) is 5.73 Å². The van der Waals surface area contributed by atoms with Gasteiger partial charge in [-0.15, -0.1) is 0 Å². The van der Waals surface area contributed by atoms with Crippen molar-refractivity contribution in [2.75, 3.05) is 6.54 Å². The molecular formula is C15H23N. The van der Waals surface area contributed by atoms with Gasteiger partial charge in [0.25, 0.3) is 0 Å². The topological polar surface area (TPSA) is 26.0 Å². The van der Waals surface area contributed by atoms with Crippen LogP contribution < -0.4 is 5.73 Å². The van der Waals surface area contributed by atoms with Crippen molar-refractivity contribution in [2.45, 2.75) is 44.9 Å². The summed E-state index contributed by atoms with van der Waals surface area (Å²) in [5.41, 5.74) is 7.79. The molecule has 0 spiro atoms. The fourth-order valence-corrected chi connectivity index (χ4v) is 3.15. The number of rotatable bonds is 4. The Morgan fingerprint density at radius 2 is 1.69 bits per heavy atom. The summed E-state index contributed by atoms with van der Waals surface area (Å²) in [7, 11) is 0. The molecule has 1 aromatic rings. The molecule has 1 saturated carbocycles. The second kappa shape index (κ2) is 5.49. The van der Waals surface area contributed by atoms with E-state index in [2.05, 4.69) is 30.3 Å². The summed E-state index contributed by atoms with van der Waals surface area (Å²) in [5, 5.41) is 0. The fourth-order valence-electron chi connectivity index (χ4n) is 3.15. The van der Waals surface area contributed by atoms with Gasteiger partial charge < -0.3 is 5.73 Å². The van der Waals surface area contributed by atoms with E-state index in [-0.39, 0.29) is 0 Å². The van der Waals surface area contributed by atoms with Gasteiger partial charge in [0, 0.05) is 0 Å². The predicted octanol–water partition coefficient (Wildman–Crippen LogP) is 3.53. The highest BCUT2D eigenvalue weighted by Crippen LogP contribution is 2.41. The Kier molecular flexibility index (Phi) is 4.00. The summed E-state index contributed by atoms with van der Waals surface area (Å²) >= 11 is 0. The van der Waals surface area contributed by atoms with Gasteiger partial charge in [-0.25, -0.2) is 0 Å². The van der Waals surface area contributed by atoms with Crippen molar-refractivity contribution < 1.29 is 0 Å². The lowest BCUT2D eigenvalue weighted by molar-refractivity contribution is 0.175. The van der Waals surface area contributed by atoms with E-state index in [1.165, 1.54) is 50.5 Å². The third-order valence-corrected chi connectivity index (χ3v) is 4.01. The quantitative estimate of drug-likeness (QED) is 0.820. The van der Waals surface area contributed by atoms with Crippen molar-refractivity contribution in [3.8, 4) is 0 Å². The van der Waals surface area contributed by atoms with Gasteiger partial charge in [-0.3, -0.25) is 0 Å². The van der Waals surface area contributed by atoms with E-state index >= 15 is 0 Å². The molecule has 1 aliphatic rings. The molecule has 0 aromatic heterocycles. The van der Waals surface area contributed by atoms with Gasteiger partial charge >= 0.3 is 0 Å². The number of nitrogens with two attached hydrogens (primary N) is 1. The zero-order valence-corrected chi connectivity index (χ0v) is 10.1. The molecule has 0 radical (unpaired) electrons. The Hall–Kier alpha value is -0.820. The molecule has 0 heterocycles. The highest BCUT2D eigenvalue weighted by molar-refractivity contribution is 5.16. The molecule has 1 aliphatic carbocycles. The predicted molar refractivity (Wildman–Crippen MR) is 69.3 cm³/mol. The summed E-state index contributed by atoms with van der Waals surface area (Å²) in [6.45, 7) is 0.840. The van der Waals surface area contributed by atoms with Crippen LogP contribution in [0.3, 0.4) is 0 Å². The molecule has 2 N–H and O–H groups in total. The third-order valence-electron chi connectivity index (χ3n) is 4.01. The number of benzene rings is 1. The maximum atomic E-state index is 5.80. The molecule has 0 amide bonds. The molecule has 0 unspecified atom stereocenters. The smallest absolute Gasteiger partial charge is 0.00719 e. The highest BCUT2D eigenvalue weighted by Gasteiger charge is 2.31. The van der Waals surface area contributed by atoms with Crippen molar-refractivity contribution in [1.82, 2.24) is 0 Å². The van der Waals surface area contributed by atoms with Crippen LogP contribution in [0.15, 0.2) is 30.3 Å². The summed E-state index contributed by atoms with van der Waals surface area (Å²) in [4.78, 5) is 0. The first-order valence-electron chi connectivity index (χ1n) is 6.59. The first-order valence-corrected chi connectivity index (χ1v) is 6.59. The Morgan fingerprint density at radius 1 is 1.00 bits per heavy atom. The van der Waals surface area contributed by atoms with Crippen molar-refractivity contribution in [1.29, 1.82) is 0 Å². The molecule has 0 bridgehead atoms.